The van der Waals surface area contributed by atoms with Crippen LogP contribution in [0.3, 0.4) is 0 Å². The second-order valence-electron chi connectivity index (χ2n) is 7.10. The molecule has 0 saturated carbocycles. The van der Waals surface area contributed by atoms with Crippen LogP contribution in [0.5, 0.6) is 0 Å². The van der Waals surface area contributed by atoms with E-state index in [1.807, 2.05) is 0 Å². The highest BCUT2D eigenvalue weighted by Gasteiger charge is 2.22. The molecule has 2 aliphatic rings. The maximum absolute atomic E-state index is 4.49. The lowest BCUT2D eigenvalue weighted by Gasteiger charge is -2.36. The molecule has 0 aromatic carbocycles. The Morgan fingerprint density at radius 3 is 2.11 bits per heavy atom. The fraction of sp³-hybridized carbons (Fsp3) is 0.500. The van der Waals surface area contributed by atoms with Gasteiger partial charge in [0.25, 0.3) is 0 Å². The van der Waals surface area contributed by atoms with Crippen LogP contribution in [0.25, 0.3) is 11.0 Å². The number of nitrogens with zero attached hydrogens (tertiary/aromatic N) is 8. The average molecular weight is 365 g/mol. The number of aromatic nitrogens is 6. The summed E-state index contributed by atoms with van der Waals surface area (Å²) in [7, 11) is 0. The standard InChI is InChI=1S/C18H23N9/c1-2-6-25(7-3-1)15-4-5-16(23-22-15)26-8-10-27(11-9-26)18-14-12-21-24-17(14)19-13-20-18/h4-5,12-13H,1-3,6-11H2,(H,19,20,21,24). The van der Waals surface area contributed by atoms with Crippen LogP contribution in [0.2, 0.25) is 0 Å². The highest BCUT2D eigenvalue weighted by molar-refractivity contribution is 5.86. The van der Waals surface area contributed by atoms with Crippen LogP contribution in [0, 0.1) is 0 Å². The van der Waals surface area contributed by atoms with Gasteiger partial charge < -0.3 is 14.7 Å². The number of H-pyrrole nitrogens is 1. The second kappa shape index (κ2) is 6.98. The fourth-order valence-corrected chi connectivity index (χ4v) is 3.93. The summed E-state index contributed by atoms with van der Waals surface area (Å²) in [5.41, 5.74) is 0.779. The van der Waals surface area contributed by atoms with Gasteiger partial charge in [-0.15, -0.1) is 10.2 Å². The first kappa shape index (κ1) is 16.2. The summed E-state index contributed by atoms with van der Waals surface area (Å²) in [5.74, 6) is 2.90. The molecular formula is C18H23N9. The number of piperidine rings is 1. The zero-order valence-corrected chi connectivity index (χ0v) is 15.3. The van der Waals surface area contributed by atoms with E-state index in [0.717, 1.165) is 67.8 Å². The third kappa shape index (κ3) is 3.13. The summed E-state index contributed by atoms with van der Waals surface area (Å²) >= 11 is 0. The third-order valence-corrected chi connectivity index (χ3v) is 5.45. The Kier molecular flexibility index (Phi) is 4.19. The quantitative estimate of drug-likeness (QED) is 0.746. The van der Waals surface area contributed by atoms with Gasteiger partial charge in [-0.25, -0.2) is 9.97 Å². The van der Waals surface area contributed by atoms with Gasteiger partial charge in [0.1, 0.15) is 12.1 Å². The van der Waals surface area contributed by atoms with E-state index in [0.29, 0.717) is 0 Å². The van der Waals surface area contributed by atoms with Crippen molar-refractivity contribution in [2.75, 3.05) is 54.0 Å². The van der Waals surface area contributed by atoms with Crippen LogP contribution in [0.4, 0.5) is 17.5 Å². The molecule has 0 atom stereocenters. The average Bonchev–Trinajstić information content (AvgIpc) is 3.24. The molecule has 27 heavy (non-hydrogen) atoms. The highest BCUT2D eigenvalue weighted by atomic mass is 15.4. The van der Waals surface area contributed by atoms with Gasteiger partial charge in [0.15, 0.2) is 17.3 Å². The van der Waals surface area contributed by atoms with E-state index < -0.39 is 0 Å². The first-order chi connectivity index (χ1) is 13.4. The lowest BCUT2D eigenvalue weighted by molar-refractivity contribution is 0.570. The van der Waals surface area contributed by atoms with E-state index in [-0.39, 0.29) is 0 Å². The number of aromatic amines is 1. The lowest BCUT2D eigenvalue weighted by Crippen LogP contribution is -2.47. The largest absolute Gasteiger partial charge is 0.355 e. The molecule has 3 aromatic heterocycles. The monoisotopic (exact) mass is 365 g/mol. The summed E-state index contributed by atoms with van der Waals surface area (Å²) in [6.45, 7) is 5.73. The molecule has 2 aliphatic heterocycles. The Balaban J connectivity index is 1.26. The highest BCUT2D eigenvalue weighted by Crippen LogP contribution is 2.24. The molecule has 0 radical (unpaired) electrons. The Bertz CT molecular complexity index is 893. The van der Waals surface area contributed by atoms with Gasteiger partial charge in [-0.2, -0.15) is 5.10 Å². The first-order valence-electron chi connectivity index (χ1n) is 9.61. The van der Waals surface area contributed by atoms with Crippen molar-refractivity contribution in [2.24, 2.45) is 0 Å². The maximum atomic E-state index is 4.49. The molecule has 5 rings (SSSR count). The zero-order chi connectivity index (χ0) is 18.1. The van der Waals surface area contributed by atoms with Crippen molar-refractivity contribution in [3.8, 4) is 0 Å². The Morgan fingerprint density at radius 2 is 1.41 bits per heavy atom. The van der Waals surface area contributed by atoms with Crippen molar-refractivity contribution in [2.45, 2.75) is 19.3 Å². The van der Waals surface area contributed by atoms with Crippen molar-refractivity contribution < 1.29 is 0 Å². The molecule has 140 valence electrons. The Labute approximate surface area is 157 Å². The molecule has 0 amide bonds. The molecule has 0 unspecified atom stereocenters. The van der Waals surface area contributed by atoms with E-state index in [4.69, 9.17) is 0 Å². The predicted molar refractivity (Wildman–Crippen MR) is 104 cm³/mol. The topological polar surface area (TPSA) is 90.0 Å². The van der Waals surface area contributed by atoms with Crippen molar-refractivity contribution >= 4 is 28.5 Å². The summed E-state index contributed by atoms with van der Waals surface area (Å²) in [4.78, 5) is 15.6. The molecule has 3 aromatic rings. The van der Waals surface area contributed by atoms with E-state index in [1.54, 1.807) is 12.5 Å². The fourth-order valence-electron chi connectivity index (χ4n) is 3.93. The number of piperazine rings is 1. The van der Waals surface area contributed by atoms with E-state index in [1.165, 1.54) is 19.3 Å². The summed E-state index contributed by atoms with van der Waals surface area (Å²) in [6, 6.07) is 4.21. The second-order valence-corrected chi connectivity index (χ2v) is 7.10. The lowest BCUT2D eigenvalue weighted by atomic mass is 10.1. The molecule has 5 heterocycles. The molecule has 1 N–H and O–H groups in total. The third-order valence-electron chi connectivity index (χ3n) is 5.45. The first-order valence-corrected chi connectivity index (χ1v) is 9.61. The molecule has 0 aliphatic carbocycles. The molecule has 0 bridgehead atoms. The SMILES string of the molecule is c1nc(N2CCN(c3ccc(N4CCCCC4)nn3)CC2)c2cn[nH]c2n1. The van der Waals surface area contributed by atoms with Crippen molar-refractivity contribution in [1.82, 2.24) is 30.4 Å². The maximum Gasteiger partial charge on any atom is 0.160 e. The van der Waals surface area contributed by atoms with Crippen LogP contribution < -0.4 is 14.7 Å². The van der Waals surface area contributed by atoms with Crippen LogP contribution >= 0.6 is 0 Å². The van der Waals surface area contributed by atoms with Gasteiger partial charge in [-0.3, -0.25) is 5.10 Å². The van der Waals surface area contributed by atoms with Gasteiger partial charge in [0.2, 0.25) is 0 Å². The van der Waals surface area contributed by atoms with Crippen LogP contribution in [-0.2, 0) is 0 Å². The van der Waals surface area contributed by atoms with Crippen molar-refractivity contribution in [1.29, 1.82) is 0 Å². The minimum Gasteiger partial charge on any atom is -0.355 e. The number of anilines is 3. The minimum absolute atomic E-state index is 0.779. The van der Waals surface area contributed by atoms with E-state index in [2.05, 4.69) is 57.2 Å². The smallest absolute Gasteiger partial charge is 0.160 e. The summed E-state index contributed by atoms with van der Waals surface area (Å²) in [5, 5.41) is 16.9. The van der Waals surface area contributed by atoms with E-state index in [9.17, 15) is 0 Å². The number of rotatable bonds is 3. The summed E-state index contributed by atoms with van der Waals surface area (Å²) in [6.07, 6.45) is 7.20. The zero-order valence-electron chi connectivity index (χ0n) is 15.3. The van der Waals surface area contributed by atoms with Crippen LogP contribution in [0.15, 0.2) is 24.7 Å². The number of hydrogen-bond donors (Lipinski definition) is 1. The van der Waals surface area contributed by atoms with Crippen LogP contribution in [-0.4, -0.2) is 69.6 Å². The molecule has 9 nitrogen and oxygen atoms in total. The normalized spacial score (nSPS) is 18.3. The molecule has 2 saturated heterocycles. The Morgan fingerprint density at radius 1 is 0.741 bits per heavy atom. The molecule has 9 heteroatoms. The van der Waals surface area contributed by atoms with Gasteiger partial charge in [0.05, 0.1) is 11.6 Å². The van der Waals surface area contributed by atoms with E-state index >= 15 is 0 Å². The van der Waals surface area contributed by atoms with Gasteiger partial charge in [0, 0.05) is 39.3 Å². The number of fused-ring (bicyclic) bond motifs is 1. The molecular weight excluding hydrogens is 342 g/mol. The Hall–Kier alpha value is -2.97. The van der Waals surface area contributed by atoms with Crippen molar-refractivity contribution in [3.05, 3.63) is 24.7 Å². The number of nitrogens with one attached hydrogen (secondary N) is 1. The minimum atomic E-state index is 0.779. The molecule has 0 spiro atoms. The van der Waals surface area contributed by atoms with Gasteiger partial charge in [-0.05, 0) is 31.4 Å². The van der Waals surface area contributed by atoms with Crippen LogP contribution in [0.1, 0.15) is 19.3 Å². The predicted octanol–water partition coefficient (Wildman–Crippen LogP) is 1.46. The van der Waals surface area contributed by atoms with Gasteiger partial charge in [-0.1, -0.05) is 0 Å². The summed E-state index contributed by atoms with van der Waals surface area (Å²) < 4.78 is 0. The molecule has 2 fully saturated rings. The van der Waals surface area contributed by atoms with Crippen molar-refractivity contribution in [3.63, 3.8) is 0 Å². The number of hydrogen-bond acceptors (Lipinski definition) is 8. The van der Waals surface area contributed by atoms with Gasteiger partial charge >= 0.3 is 0 Å².